The monoisotopic (exact) mass is 697 g/mol. The fraction of sp³-hybridized carbons (Fsp3) is 0.548. The summed E-state index contributed by atoms with van der Waals surface area (Å²) < 4.78 is 86.6. The Balaban J connectivity index is 1.21. The number of hydrogen-bond acceptors (Lipinski definition) is 9. The first-order valence-corrected chi connectivity index (χ1v) is 17.2. The van der Waals surface area contributed by atoms with Crippen molar-refractivity contribution in [2.75, 3.05) is 29.7 Å². The number of carboxylic acids is 1. The van der Waals surface area contributed by atoms with Gasteiger partial charge in [-0.2, -0.15) is 18.3 Å². The van der Waals surface area contributed by atoms with Gasteiger partial charge in [0.05, 0.1) is 46.6 Å². The lowest BCUT2D eigenvalue weighted by molar-refractivity contribution is -0.143. The molecule has 48 heavy (non-hydrogen) atoms. The van der Waals surface area contributed by atoms with Gasteiger partial charge in [-0.3, -0.25) is 14.2 Å². The third-order valence-electron chi connectivity index (χ3n) is 8.71. The Labute approximate surface area is 275 Å². The van der Waals surface area contributed by atoms with Gasteiger partial charge < -0.3 is 20.4 Å². The normalized spacial score (nSPS) is 20.1. The summed E-state index contributed by atoms with van der Waals surface area (Å²) in [6.07, 6.45) is 1.79. The van der Waals surface area contributed by atoms with Gasteiger partial charge in [0.1, 0.15) is 11.4 Å². The van der Waals surface area contributed by atoms with Gasteiger partial charge in [0.15, 0.2) is 0 Å². The highest BCUT2D eigenvalue weighted by Gasteiger charge is 2.36. The molecule has 1 aromatic carbocycles. The van der Waals surface area contributed by atoms with E-state index < -0.39 is 50.1 Å². The summed E-state index contributed by atoms with van der Waals surface area (Å²) in [7, 11) is -3.83. The van der Waals surface area contributed by atoms with E-state index in [1.165, 1.54) is 43.1 Å². The van der Waals surface area contributed by atoms with Gasteiger partial charge in [-0.25, -0.2) is 22.8 Å². The van der Waals surface area contributed by atoms with Gasteiger partial charge in [-0.15, -0.1) is 0 Å². The van der Waals surface area contributed by atoms with Crippen molar-refractivity contribution in [1.29, 1.82) is 0 Å². The molecule has 17 heteroatoms. The van der Waals surface area contributed by atoms with Gasteiger partial charge in [0.25, 0.3) is 0 Å². The zero-order valence-electron chi connectivity index (χ0n) is 26.5. The van der Waals surface area contributed by atoms with E-state index in [0.717, 1.165) is 25.7 Å². The van der Waals surface area contributed by atoms with E-state index in [1.54, 1.807) is 0 Å². The summed E-state index contributed by atoms with van der Waals surface area (Å²) >= 11 is 0. The summed E-state index contributed by atoms with van der Waals surface area (Å²) in [4.78, 5) is 21.2. The smallest absolute Gasteiger partial charge is 0.419 e. The molecule has 0 unspecified atom stereocenters. The molecule has 0 amide bonds. The van der Waals surface area contributed by atoms with Crippen LogP contribution in [0.5, 0.6) is 0 Å². The highest BCUT2D eigenvalue weighted by Crippen LogP contribution is 2.37. The number of alkyl halides is 3. The number of hydrogen-bond donors (Lipinski definition) is 4. The summed E-state index contributed by atoms with van der Waals surface area (Å²) in [5, 5.41) is 25.1. The number of nitrogens with one attached hydrogen (secondary N) is 2. The lowest BCUT2D eigenvalue weighted by Crippen LogP contribution is -2.40. The molecule has 0 bridgehead atoms. The predicted octanol–water partition coefficient (Wildman–Crippen LogP) is 5.11. The molecule has 3 aromatic rings. The molecule has 0 spiro atoms. The molecular weight excluding hydrogens is 658 g/mol. The topological polar surface area (TPSA) is 163 Å². The maximum Gasteiger partial charge on any atom is 0.419 e. The van der Waals surface area contributed by atoms with E-state index in [1.807, 2.05) is 0 Å². The van der Waals surface area contributed by atoms with Crippen LogP contribution in [0.2, 0.25) is 0 Å². The molecule has 12 nitrogen and oxygen atoms in total. The number of aliphatic carboxylic acids is 1. The van der Waals surface area contributed by atoms with E-state index in [0.29, 0.717) is 50.6 Å². The Hall–Kier alpha value is -3.83. The van der Waals surface area contributed by atoms with E-state index in [4.69, 9.17) is 0 Å². The quantitative estimate of drug-likeness (QED) is 0.198. The molecule has 2 fully saturated rings. The molecule has 1 saturated heterocycles. The molecule has 2 aromatic heterocycles. The van der Waals surface area contributed by atoms with Crippen LogP contribution in [0.25, 0.3) is 11.3 Å². The number of halogens is 4. The molecule has 3 heterocycles. The lowest BCUT2D eigenvalue weighted by atomic mass is 9.87. The number of likely N-dealkylation sites (tertiary alicyclic amines) is 1. The van der Waals surface area contributed by atoms with Crippen LogP contribution in [0.1, 0.15) is 57.9 Å². The molecule has 5 rings (SSSR count). The molecule has 1 aliphatic heterocycles. The number of anilines is 3. The first-order valence-electron chi connectivity index (χ1n) is 15.7. The maximum atomic E-state index is 15.1. The van der Waals surface area contributed by atoms with Crippen LogP contribution in [0.15, 0.2) is 36.8 Å². The molecular formula is C31H39F4N7O5S. The SMILES string of the molecule is CC(C)(O)Cn1cc(-c2nc(Nc3ccc(NS(=O)(=O)C4CCC(CN5CCC(C(=O)O)CC5)CC4)cc3F)ncc2C(F)(F)F)cn1. The largest absolute Gasteiger partial charge is 0.481 e. The third-order valence-corrected chi connectivity index (χ3v) is 10.6. The van der Waals surface area contributed by atoms with Crippen molar-refractivity contribution in [1.82, 2.24) is 24.6 Å². The average Bonchev–Trinajstić information content (AvgIpc) is 3.45. The number of piperidine rings is 1. The molecule has 0 atom stereocenters. The van der Waals surface area contributed by atoms with Crippen LogP contribution in [0.3, 0.4) is 0 Å². The highest BCUT2D eigenvalue weighted by atomic mass is 32.2. The van der Waals surface area contributed by atoms with Crippen molar-refractivity contribution in [3.8, 4) is 11.3 Å². The van der Waals surface area contributed by atoms with Crippen LogP contribution in [-0.4, -0.2) is 79.7 Å². The zero-order valence-corrected chi connectivity index (χ0v) is 27.4. The molecule has 262 valence electrons. The van der Waals surface area contributed by atoms with E-state index >= 15 is 4.39 Å². The second-order valence-corrected chi connectivity index (χ2v) is 15.2. The first-order chi connectivity index (χ1) is 22.5. The van der Waals surface area contributed by atoms with E-state index in [-0.39, 0.29) is 35.3 Å². The summed E-state index contributed by atoms with van der Waals surface area (Å²) in [6, 6.07) is 3.54. The minimum Gasteiger partial charge on any atom is -0.481 e. The van der Waals surface area contributed by atoms with Crippen LogP contribution in [0, 0.1) is 17.7 Å². The zero-order chi connectivity index (χ0) is 34.9. The lowest BCUT2D eigenvalue weighted by Gasteiger charge is -2.35. The van der Waals surface area contributed by atoms with Crippen molar-refractivity contribution in [3.05, 3.63) is 48.2 Å². The van der Waals surface area contributed by atoms with Crippen LogP contribution in [0.4, 0.5) is 34.9 Å². The minimum atomic E-state index is -4.80. The van der Waals surface area contributed by atoms with Crippen molar-refractivity contribution >= 4 is 33.3 Å². The van der Waals surface area contributed by atoms with Crippen LogP contribution >= 0.6 is 0 Å². The molecule has 0 radical (unpaired) electrons. The molecule has 4 N–H and O–H groups in total. The number of aliphatic hydroxyl groups is 1. The first kappa shape index (κ1) is 35.5. The van der Waals surface area contributed by atoms with Crippen LogP contribution in [-0.2, 0) is 27.5 Å². The second kappa shape index (κ2) is 14.0. The minimum absolute atomic E-state index is 0.00489. The number of carboxylic acid groups (broad SMARTS) is 1. The predicted molar refractivity (Wildman–Crippen MR) is 169 cm³/mol. The highest BCUT2D eigenvalue weighted by molar-refractivity contribution is 7.93. The van der Waals surface area contributed by atoms with Gasteiger partial charge in [-0.05, 0) is 83.5 Å². The number of aromatic nitrogens is 4. The maximum absolute atomic E-state index is 15.1. The van der Waals surface area contributed by atoms with Gasteiger partial charge in [0, 0.05) is 30.6 Å². The third kappa shape index (κ3) is 8.99. The van der Waals surface area contributed by atoms with Gasteiger partial charge in [0.2, 0.25) is 16.0 Å². The summed E-state index contributed by atoms with van der Waals surface area (Å²) in [5.41, 5.74) is -2.98. The Morgan fingerprint density at radius 1 is 1.06 bits per heavy atom. The van der Waals surface area contributed by atoms with Crippen molar-refractivity contribution in [2.24, 2.45) is 11.8 Å². The van der Waals surface area contributed by atoms with Crippen molar-refractivity contribution in [2.45, 2.75) is 75.9 Å². The van der Waals surface area contributed by atoms with E-state index in [2.05, 4.69) is 30.0 Å². The van der Waals surface area contributed by atoms with Crippen molar-refractivity contribution < 1.29 is 41.0 Å². The van der Waals surface area contributed by atoms with Crippen LogP contribution < -0.4 is 10.0 Å². The molecule has 2 aliphatic rings. The molecule has 1 saturated carbocycles. The number of benzene rings is 1. The Kier molecular flexibility index (Phi) is 10.3. The van der Waals surface area contributed by atoms with Crippen molar-refractivity contribution in [3.63, 3.8) is 0 Å². The number of rotatable bonds is 11. The number of carbonyl (C=O) groups is 1. The molecule has 1 aliphatic carbocycles. The number of sulfonamides is 1. The Bertz CT molecular complexity index is 1710. The Morgan fingerprint density at radius 3 is 2.35 bits per heavy atom. The Morgan fingerprint density at radius 2 is 1.75 bits per heavy atom. The fourth-order valence-corrected chi connectivity index (χ4v) is 7.75. The van der Waals surface area contributed by atoms with E-state index in [9.17, 15) is 36.6 Å². The number of nitrogens with zero attached hydrogens (tertiary/aromatic N) is 5. The average molecular weight is 698 g/mol. The fourth-order valence-electron chi connectivity index (χ4n) is 6.24. The van der Waals surface area contributed by atoms with Gasteiger partial charge in [-0.1, -0.05) is 0 Å². The second-order valence-electron chi connectivity index (χ2n) is 13.2. The summed E-state index contributed by atoms with van der Waals surface area (Å²) in [5.74, 6) is -1.96. The summed E-state index contributed by atoms with van der Waals surface area (Å²) in [6.45, 7) is 5.31. The van der Waals surface area contributed by atoms with Gasteiger partial charge >= 0.3 is 12.1 Å². The standard InChI is InChI=1S/C31H39F4N7O5S/c1-30(2,45)18-42-17-21(14-37-42)27-24(31(33,34)35)15-36-29(39-27)38-26-8-5-22(13-25(26)32)40-48(46,47)23-6-3-19(4-7-23)16-41-11-9-20(10-12-41)28(43)44/h5,8,13-15,17,19-20,23,40,45H,3-4,6-7,9-12,16,18H2,1-2H3,(H,43,44)(H,36,38,39).